The van der Waals surface area contributed by atoms with E-state index in [1.165, 1.54) is 19.3 Å². The van der Waals surface area contributed by atoms with Crippen molar-refractivity contribution in [3.05, 3.63) is 35.4 Å². The molecule has 1 aromatic carbocycles. The Hall–Kier alpha value is -0.544. The van der Waals surface area contributed by atoms with Gasteiger partial charge < -0.3 is 7.96 Å². The van der Waals surface area contributed by atoms with E-state index < -0.39 is 5.97 Å². The number of benzene rings is 1. The molecule has 3 heteroatoms. The quantitative estimate of drug-likeness (QED) is 0.603. The van der Waals surface area contributed by atoms with Gasteiger partial charge in [-0.3, -0.25) is 0 Å². The number of carbonyl (C=O) groups is 1. The molecule has 0 atom stereocenters. The zero-order chi connectivity index (χ0) is 11.1. The van der Waals surface area contributed by atoms with Gasteiger partial charge in [0.15, 0.2) is 0 Å². The van der Waals surface area contributed by atoms with E-state index in [1.54, 1.807) is 12.1 Å². The first-order valence-electron chi connectivity index (χ1n) is 5.57. The van der Waals surface area contributed by atoms with Gasteiger partial charge in [0.05, 0.1) is 5.56 Å². The molecular formula is C13H20MgO2. The van der Waals surface area contributed by atoms with E-state index in [9.17, 15) is 4.79 Å². The number of carboxylic acid groups (broad SMARTS) is 1. The molecule has 0 aliphatic heterocycles. The van der Waals surface area contributed by atoms with Crippen molar-refractivity contribution in [3.63, 3.8) is 0 Å². The fourth-order valence-electron chi connectivity index (χ4n) is 1.69. The maximum atomic E-state index is 10.9. The maximum absolute atomic E-state index is 10.9. The first-order valence-corrected chi connectivity index (χ1v) is 5.57. The fourth-order valence-corrected chi connectivity index (χ4v) is 1.69. The van der Waals surface area contributed by atoms with Crippen molar-refractivity contribution in [1.82, 2.24) is 0 Å². The number of unbranched alkanes of at least 4 members (excludes halogenated alkanes) is 3. The zero-order valence-corrected chi connectivity index (χ0v) is 11.3. The number of aryl methyl sites for hydroxylation is 1. The molecule has 0 aliphatic rings. The van der Waals surface area contributed by atoms with Gasteiger partial charge in [-0.05, 0) is 24.5 Å². The molecule has 0 aliphatic carbocycles. The van der Waals surface area contributed by atoms with Crippen LogP contribution >= 0.6 is 0 Å². The van der Waals surface area contributed by atoms with E-state index in [0.29, 0.717) is 5.56 Å². The van der Waals surface area contributed by atoms with Crippen LogP contribution in [0, 0.1) is 0 Å². The van der Waals surface area contributed by atoms with E-state index in [-0.39, 0.29) is 25.9 Å². The summed E-state index contributed by atoms with van der Waals surface area (Å²) in [6.45, 7) is 2.17. The summed E-state index contributed by atoms with van der Waals surface area (Å²) in [6.07, 6.45) is 5.58. The molecule has 1 N–H and O–H groups in total. The van der Waals surface area contributed by atoms with E-state index in [1.807, 2.05) is 12.1 Å². The van der Waals surface area contributed by atoms with E-state index in [0.717, 1.165) is 18.4 Å². The van der Waals surface area contributed by atoms with Crippen LogP contribution in [0.3, 0.4) is 0 Å². The molecule has 0 fully saturated rings. The molecule has 0 saturated carbocycles. The van der Waals surface area contributed by atoms with Crippen LogP contribution in [0.5, 0.6) is 0 Å². The summed E-state index contributed by atoms with van der Waals surface area (Å²) in [5, 5.41) is 8.97. The summed E-state index contributed by atoms with van der Waals surface area (Å²) < 4.78 is 0. The minimum Gasteiger partial charge on any atom is -1.00 e. The van der Waals surface area contributed by atoms with Crippen LogP contribution in [0.2, 0.25) is 0 Å². The van der Waals surface area contributed by atoms with Gasteiger partial charge in [-0.15, -0.1) is 0 Å². The number of hydrogen-bond donors (Lipinski definition) is 1. The van der Waals surface area contributed by atoms with Crippen LogP contribution in [0.1, 0.15) is 51.4 Å². The summed E-state index contributed by atoms with van der Waals surface area (Å²) >= 11 is 0. The summed E-state index contributed by atoms with van der Waals surface area (Å²) in [6, 6.07) is 7.27. The molecule has 2 nitrogen and oxygen atoms in total. The van der Waals surface area contributed by atoms with Crippen molar-refractivity contribution in [2.75, 3.05) is 0 Å². The Morgan fingerprint density at radius 2 is 1.94 bits per heavy atom. The Kier molecular flexibility index (Phi) is 8.30. The molecule has 0 amide bonds. The number of rotatable bonds is 6. The third-order valence-electron chi connectivity index (χ3n) is 2.55. The monoisotopic (exact) mass is 232 g/mol. The van der Waals surface area contributed by atoms with Gasteiger partial charge >= 0.3 is 29.0 Å². The molecule has 0 radical (unpaired) electrons. The first-order chi connectivity index (χ1) is 7.25. The van der Waals surface area contributed by atoms with Crippen molar-refractivity contribution >= 4 is 29.0 Å². The van der Waals surface area contributed by atoms with Gasteiger partial charge in [-0.1, -0.05) is 44.4 Å². The summed E-state index contributed by atoms with van der Waals surface area (Å²) in [5.41, 5.74) is 1.41. The average molecular weight is 233 g/mol. The Morgan fingerprint density at radius 3 is 2.56 bits per heavy atom. The van der Waals surface area contributed by atoms with Crippen LogP contribution in [0.4, 0.5) is 0 Å². The fraction of sp³-hybridized carbons (Fsp3) is 0.462. The molecule has 16 heavy (non-hydrogen) atoms. The van der Waals surface area contributed by atoms with E-state index >= 15 is 0 Å². The number of aromatic carboxylic acids is 1. The Labute approximate surface area is 116 Å². The molecule has 86 valence electrons. The zero-order valence-electron chi connectivity index (χ0n) is 11.9. The Bertz CT molecular complexity index is 333. The Morgan fingerprint density at radius 1 is 1.25 bits per heavy atom. The number of carboxylic acids is 1. The van der Waals surface area contributed by atoms with E-state index in [2.05, 4.69) is 6.92 Å². The summed E-state index contributed by atoms with van der Waals surface area (Å²) in [5.74, 6) is -0.818. The third kappa shape index (κ3) is 4.99. The third-order valence-corrected chi connectivity index (χ3v) is 2.55. The standard InChI is InChI=1S/C13H18O2.Mg.2H/c1-2-3-4-5-8-11-9-6-7-10-12(11)13(14)15;;;/h6-7,9-10H,2-5,8H2,1H3,(H,14,15);;;/q;+2;2*-1. The molecule has 0 spiro atoms. The van der Waals surface area contributed by atoms with Gasteiger partial charge in [0.2, 0.25) is 0 Å². The number of hydrogen-bond acceptors (Lipinski definition) is 1. The van der Waals surface area contributed by atoms with Crippen molar-refractivity contribution < 1.29 is 12.8 Å². The minimum atomic E-state index is -0.818. The topological polar surface area (TPSA) is 37.3 Å². The van der Waals surface area contributed by atoms with E-state index in [4.69, 9.17) is 5.11 Å². The van der Waals surface area contributed by atoms with Gasteiger partial charge in [-0.25, -0.2) is 4.79 Å². The van der Waals surface area contributed by atoms with Crippen LogP contribution in [0.25, 0.3) is 0 Å². The second kappa shape index (κ2) is 8.59. The van der Waals surface area contributed by atoms with Gasteiger partial charge in [0.25, 0.3) is 0 Å². The SMILES string of the molecule is CCCCCCc1ccccc1C(=O)O.[H-].[H-].[Mg+2]. The van der Waals surface area contributed by atoms with Gasteiger partial charge in [0, 0.05) is 0 Å². The van der Waals surface area contributed by atoms with Crippen molar-refractivity contribution in [3.8, 4) is 0 Å². The molecule has 1 rings (SSSR count). The molecule has 0 saturated heterocycles. The average Bonchev–Trinajstić information content (AvgIpc) is 2.25. The molecule has 0 unspecified atom stereocenters. The van der Waals surface area contributed by atoms with Crippen molar-refractivity contribution in [2.24, 2.45) is 0 Å². The van der Waals surface area contributed by atoms with Crippen molar-refractivity contribution in [1.29, 1.82) is 0 Å². The van der Waals surface area contributed by atoms with Gasteiger partial charge in [-0.2, -0.15) is 0 Å². The summed E-state index contributed by atoms with van der Waals surface area (Å²) in [7, 11) is 0. The molecule has 0 aromatic heterocycles. The summed E-state index contributed by atoms with van der Waals surface area (Å²) in [4.78, 5) is 10.9. The van der Waals surface area contributed by atoms with Crippen LogP contribution in [-0.4, -0.2) is 34.1 Å². The van der Waals surface area contributed by atoms with Gasteiger partial charge in [0.1, 0.15) is 0 Å². The Balaban J connectivity index is -0.000000750. The second-order valence-electron chi connectivity index (χ2n) is 3.77. The maximum Gasteiger partial charge on any atom is 2.00 e. The minimum absolute atomic E-state index is 0. The smallest absolute Gasteiger partial charge is 1.00 e. The predicted molar refractivity (Wildman–Crippen MR) is 69.2 cm³/mol. The van der Waals surface area contributed by atoms with Crippen LogP contribution in [-0.2, 0) is 6.42 Å². The molecular weight excluding hydrogens is 212 g/mol. The van der Waals surface area contributed by atoms with Crippen molar-refractivity contribution in [2.45, 2.75) is 39.0 Å². The van der Waals surface area contributed by atoms with Crippen LogP contribution < -0.4 is 0 Å². The molecule has 0 heterocycles. The first kappa shape index (κ1) is 15.5. The normalized spacial score (nSPS) is 9.56. The largest absolute Gasteiger partial charge is 2.00 e. The predicted octanol–water partition coefficient (Wildman–Crippen LogP) is 3.35. The molecule has 1 aromatic rings. The van der Waals surface area contributed by atoms with Crippen LogP contribution in [0.15, 0.2) is 24.3 Å². The molecule has 0 bridgehead atoms. The second-order valence-corrected chi connectivity index (χ2v) is 3.77.